The Bertz CT molecular complexity index is 574. The molecule has 4 heteroatoms. The van der Waals surface area contributed by atoms with E-state index in [-0.39, 0.29) is 17.7 Å². The quantitative estimate of drug-likeness (QED) is 0.863. The molecular formula is C20H28N2O2. The highest BCUT2D eigenvalue weighted by molar-refractivity contribution is 5.89. The van der Waals surface area contributed by atoms with Crippen LogP contribution in [0.4, 0.5) is 0 Å². The summed E-state index contributed by atoms with van der Waals surface area (Å²) in [6.45, 7) is 3.20. The van der Waals surface area contributed by atoms with Crippen LogP contribution in [-0.4, -0.2) is 29.3 Å². The number of nitrogens with one attached hydrogen (secondary N) is 1. The molecule has 130 valence electrons. The van der Waals surface area contributed by atoms with E-state index in [0.717, 1.165) is 18.4 Å². The number of rotatable bonds is 4. The molecule has 1 saturated carbocycles. The van der Waals surface area contributed by atoms with Gasteiger partial charge in [-0.05, 0) is 25.3 Å². The van der Waals surface area contributed by atoms with Crippen molar-refractivity contribution >= 4 is 11.8 Å². The van der Waals surface area contributed by atoms with Gasteiger partial charge >= 0.3 is 0 Å². The number of hydrogen-bond donors (Lipinski definition) is 1. The van der Waals surface area contributed by atoms with E-state index in [9.17, 15) is 9.59 Å². The smallest absolute Gasteiger partial charge is 0.225 e. The molecule has 0 radical (unpaired) electrons. The molecule has 1 atom stereocenters. The predicted molar refractivity (Wildman–Crippen MR) is 94.3 cm³/mol. The van der Waals surface area contributed by atoms with E-state index in [1.165, 1.54) is 31.2 Å². The zero-order valence-electron chi connectivity index (χ0n) is 14.6. The van der Waals surface area contributed by atoms with Crippen LogP contribution < -0.4 is 5.32 Å². The molecule has 1 N–H and O–H groups in total. The standard InChI is InChI=1S/C20H28N2O2/c1-15-8-10-16(11-9-15)13-22-14-17(12-19(22)23)20(24)21-18-6-4-2-3-5-7-18/h8-11,17-18H,2-7,12-14H2,1H3,(H,21,24). The fraction of sp³-hybridized carbons (Fsp3) is 0.600. The van der Waals surface area contributed by atoms with Crippen molar-refractivity contribution in [3.05, 3.63) is 35.4 Å². The molecule has 1 aliphatic heterocycles. The number of amides is 2. The fourth-order valence-electron chi connectivity index (χ4n) is 3.76. The third-order valence-corrected chi connectivity index (χ3v) is 5.28. The molecule has 3 rings (SSSR count). The lowest BCUT2D eigenvalue weighted by Crippen LogP contribution is -2.39. The topological polar surface area (TPSA) is 49.4 Å². The van der Waals surface area contributed by atoms with E-state index < -0.39 is 0 Å². The number of benzene rings is 1. The van der Waals surface area contributed by atoms with Crippen molar-refractivity contribution < 1.29 is 9.59 Å². The molecule has 0 spiro atoms. The summed E-state index contributed by atoms with van der Waals surface area (Å²) in [5.74, 6) is -0.0237. The maximum atomic E-state index is 12.5. The van der Waals surface area contributed by atoms with Gasteiger partial charge in [0, 0.05) is 25.6 Å². The second-order valence-electron chi connectivity index (χ2n) is 7.36. The molecule has 2 aliphatic rings. The van der Waals surface area contributed by atoms with Gasteiger partial charge < -0.3 is 10.2 Å². The average molecular weight is 328 g/mol. The van der Waals surface area contributed by atoms with Crippen LogP contribution in [0.25, 0.3) is 0 Å². The van der Waals surface area contributed by atoms with Gasteiger partial charge in [0.05, 0.1) is 5.92 Å². The lowest BCUT2D eigenvalue weighted by Gasteiger charge is -2.20. The Morgan fingerprint density at radius 2 is 1.79 bits per heavy atom. The highest BCUT2D eigenvalue weighted by Crippen LogP contribution is 2.22. The molecular weight excluding hydrogens is 300 g/mol. The minimum Gasteiger partial charge on any atom is -0.353 e. The lowest BCUT2D eigenvalue weighted by atomic mass is 10.0. The van der Waals surface area contributed by atoms with Gasteiger partial charge in [0.15, 0.2) is 0 Å². The molecule has 1 saturated heterocycles. The van der Waals surface area contributed by atoms with Crippen LogP contribution in [0, 0.1) is 12.8 Å². The maximum absolute atomic E-state index is 12.5. The van der Waals surface area contributed by atoms with Crippen molar-refractivity contribution in [1.82, 2.24) is 10.2 Å². The van der Waals surface area contributed by atoms with E-state index in [1.807, 2.05) is 4.90 Å². The first-order chi connectivity index (χ1) is 11.6. The Balaban J connectivity index is 1.53. The third kappa shape index (κ3) is 4.37. The number of aryl methyl sites for hydroxylation is 1. The van der Waals surface area contributed by atoms with Gasteiger partial charge in [0.1, 0.15) is 0 Å². The van der Waals surface area contributed by atoms with Gasteiger partial charge in [-0.1, -0.05) is 55.5 Å². The monoisotopic (exact) mass is 328 g/mol. The summed E-state index contributed by atoms with van der Waals surface area (Å²) >= 11 is 0. The summed E-state index contributed by atoms with van der Waals surface area (Å²) in [5.41, 5.74) is 2.34. The van der Waals surface area contributed by atoms with E-state index in [1.54, 1.807) is 0 Å². The highest BCUT2D eigenvalue weighted by atomic mass is 16.2. The van der Waals surface area contributed by atoms with Crippen LogP contribution in [0.5, 0.6) is 0 Å². The van der Waals surface area contributed by atoms with Crippen molar-refractivity contribution in [3.8, 4) is 0 Å². The largest absolute Gasteiger partial charge is 0.353 e. The van der Waals surface area contributed by atoms with Gasteiger partial charge in [-0.15, -0.1) is 0 Å². The molecule has 0 aromatic heterocycles. The van der Waals surface area contributed by atoms with Gasteiger partial charge in [-0.25, -0.2) is 0 Å². The first-order valence-corrected chi connectivity index (χ1v) is 9.25. The number of hydrogen-bond acceptors (Lipinski definition) is 2. The SMILES string of the molecule is Cc1ccc(CN2CC(C(=O)NC3CCCCCC3)CC2=O)cc1. The molecule has 1 aliphatic carbocycles. The third-order valence-electron chi connectivity index (χ3n) is 5.28. The zero-order chi connectivity index (χ0) is 16.9. The molecule has 1 unspecified atom stereocenters. The molecule has 2 fully saturated rings. The summed E-state index contributed by atoms with van der Waals surface area (Å²) < 4.78 is 0. The van der Waals surface area contributed by atoms with Crippen molar-refractivity contribution in [1.29, 1.82) is 0 Å². The second-order valence-corrected chi connectivity index (χ2v) is 7.36. The Morgan fingerprint density at radius 3 is 2.46 bits per heavy atom. The Labute approximate surface area is 144 Å². The van der Waals surface area contributed by atoms with E-state index >= 15 is 0 Å². The fourth-order valence-corrected chi connectivity index (χ4v) is 3.76. The normalized spacial score (nSPS) is 22.5. The minimum absolute atomic E-state index is 0.0710. The van der Waals surface area contributed by atoms with E-state index in [4.69, 9.17) is 0 Å². The van der Waals surface area contributed by atoms with Crippen molar-refractivity contribution in [3.63, 3.8) is 0 Å². The number of carbonyl (C=O) groups is 2. The van der Waals surface area contributed by atoms with Gasteiger partial charge in [-0.2, -0.15) is 0 Å². The average Bonchev–Trinajstić information content (AvgIpc) is 2.77. The molecule has 1 aromatic carbocycles. The van der Waals surface area contributed by atoms with Crippen molar-refractivity contribution in [2.24, 2.45) is 5.92 Å². The number of likely N-dealkylation sites (tertiary alicyclic amines) is 1. The lowest BCUT2D eigenvalue weighted by molar-refractivity contribution is -0.129. The predicted octanol–water partition coefficient (Wildman–Crippen LogP) is 3.18. The molecule has 4 nitrogen and oxygen atoms in total. The Morgan fingerprint density at radius 1 is 1.12 bits per heavy atom. The Hall–Kier alpha value is -1.84. The molecule has 0 bridgehead atoms. The summed E-state index contributed by atoms with van der Waals surface area (Å²) in [5, 5.41) is 3.20. The summed E-state index contributed by atoms with van der Waals surface area (Å²) in [7, 11) is 0. The van der Waals surface area contributed by atoms with Gasteiger partial charge in [-0.3, -0.25) is 9.59 Å². The van der Waals surface area contributed by atoms with E-state index in [2.05, 4.69) is 36.5 Å². The van der Waals surface area contributed by atoms with Crippen molar-refractivity contribution in [2.75, 3.05) is 6.54 Å². The molecule has 1 aromatic rings. The summed E-state index contributed by atoms with van der Waals surface area (Å²) in [4.78, 5) is 26.6. The molecule has 1 heterocycles. The second kappa shape index (κ2) is 7.82. The maximum Gasteiger partial charge on any atom is 0.225 e. The summed E-state index contributed by atoms with van der Waals surface area (Å²) in [6.07, 6.45) is 7.47. The Kier molecular flexibility index (Phi) is 5.54. The first-order valence-electron chi connectivity index (χ1n) is 9.25. The van der Waals surface area contributed by atoms with Crippen molar-refractivity contribution in [2.45, 2.75) is 64.5 Å². The van der Waals surface area contributed by atoms with Gasteiger partial charge in [0.2, 0.25) is 11.8 Å². The summed E-state index contributed by atoms with van der Waals surface area (Å²) in [6, 6.07) is 8.54. The van der Waals surface area contributed by atoms with Crippen LogP contribution in [-0.2, 0) is 16.1 Å². The van der Waals surface area contributed by atoms with E-state index in [0.29, 0.717) is 25.6 Å². The van der Waals surface area contributed by atoms with Crippen LogP contribution in [0.3, 0.4) is 0 Å². The first kappa shape index (κ1) is 17.0. The van der Waals surface area contributed by atoms with Crippen LogP contribution in [0.1, 0.15) is 56.1 Å². The van der Waals surface area contributed by atoms with Crippen LogP contribution in [0.15, 0.2) is 24.3 Å². The zero-order valence-corrected chi connectivity index (χ0v) is 14.6. The number of carbonyl (C=O) groups excluding carboxylic acids is 2. The molecule has 24 heavy (non-hydrogen) atoms. The van der Waals surface area contributed by atoms with Crippen LogP contribution >= 0.6 is 0 Å². The van der Waals surface area contributed by atoms with Gasteiger partial charge in [0.25, 0.3) is 0 Å². The molecule has 2 amide bonds. The van der Waals surface area contributed by atoms with Crippen LogP contribution in [0.2, 0.25) is 0 Å². The number of nitrogens with zero attached hydrogens (tertiary/aromatic N) is 1. The highest BCUT2D eigenvalue weighted by Gasteiger charge is 2.34. The minimum atomic E-state index is -0.189.